The molecule has 0 aliphatic carbocycles. The van der Waals surface area contributed by atoms with E-state index in [1.54, 1.807) is 54.9 Å². The van der Waals surface area contributed by atoms with E-state index >= 15 is 0 Å². The number of nitro groups is 1. The number of fused-ring (bicyclic) bond motifs is 1. The number of ether oxygens (including phenoxy) is 2. The molecule has 1 N–H and O–H groups in total. The van der Waals surface area contributed by atoms with Gasteiger partial charge in [-0.05, 0) is 53.7 Å². The molecule has 1 aromatic heterocycles. The Morgan fingerprint density at radius 1 is 1.16 bits per heavy atom. The van der Waals surface area contributed by atoms with Crippen molar-refractivity contribution in [1.29, 1.82) is 5.41 Å². The molecule has 0 bridgehead atoms. The Bertz CT molecular complexity index is 1520. The number of carbonyl (C=O) groups is 1. The predicted octanol–water partition coefficient (Wildman–Crippen LogP) is 4.24. The van der Waals surface area contributed by atoms with Gasteiger partial charge in [0, 0.05) is 24.0 Å². The van der Waals surface area contributed by atoms with Crippen LogP contribution < -0.4 is 9.47 Å². The molecule has 37 heavy (non-hydrogen) atoms. The molecule has 2 aromatic carbocycles. The third kappa shape index (κ3) is 4.82. The lowest BCUT2D eigenvalue weighted by Crippen LogP contribution is -2.35. The number of methoxy groups -OCH3 is 1. The number of amidine groups is 2. The molecule has 0 unspecified atom stereocenters. The first kappa shape index (κ1) is 23.9. The second-order valence-corrected chi connectivity index (χ2v) is 8.71. The Morgan fingerprint density at radius 3 is 2.76 bits per heavy atom. The number of aromatic nitrogens is 1. The van der Waals surface area contributed by atoms with E-state index in [1.807, 2.05) is 6.07 Å². The maximum atomic E-state index is 12.8. The van der Waals surface area contributed by atoms with Crippen LogP contribution in [-0.2, 0) is 11.4 Å². The summed E-state index contributed by atoms with van der Waals surface area (Å²) in [5, 5.41) is 26.5. The maximum absolute atomic E-state index is 12.8. The molecule has 5 rings (SSSR count). The van der Waals surface area contributed by atoms with E-state index in [2.05, 4.69) is 15.1 Å². The van der Waals surface area contributed by atoms with Crippen LogP contribution in [0.4, 0.5) is 5.69 Å². The summed E-state index contributed by atoms with van der Waals surface area (Å²) in [4.78, 5) is 31.7. The highest BCUT2D eigenvalue weighted by Crippen LogP contribution is 2.33. The van der Waals surface area contributed by atoms with Crippen molar-refractivity contribution in [3.63, 3.8) is 0 Å². The van der Waals surface area contributed by atoms with Gasteiger partial charge in [-0.15, -0.1) is 0 Å². The van der Waals surface area contributed by atoms with Crippen LogP contribution in [0.15, 0.2) is 82.7 Å². The highest BCUT2D eigenvalue weighted by atomic mass is 32.2. The molecule has 2 aliphatic heterocycles. The average Bonchev–Trinajstić information content (AvgIpc) is 3.35. The molecule has 0 atom stereocenters. The van der Waals surface area contributed by atoms with Crippen molar-refractivity contribution < 1.29 is 19.2 Å². The number of nitro benzene ring substituents is 1. The number of thioether (sulfide) groups is 1. The Balaban J connectivity index is 1.38. The van der Waals surface area contributed by atoms with E-state index in [-0.39, 0.29) is 23.7 Å². The molecule has 0 radical (unpaired) electrons. The fourth-order valence-electron chi connectivity index (χ4n) is 3.62. The first-order valence-corrected chi connectivity index (χ1v) is 11.7. The zero-order valence-electron chi connectivity index (χ0n) is 19.3. The third-order valence-electron chi connectivity index (χ3n) is 5.43. The van der Waals surface area contributed by atoms with Gasteiger partial charge in [-0.2, -0.15) is 15.1 Å². The molecular formula is C25H18N6O5S. The minimum absolute atomic E-state index is 0.0293. The normalized spacial score (nSPS) is 15.8. The SMILES string of the molecule is COc1cc(/C=C2/C(=N)N3N=C(c4cccnc4)SC3=NC2=O)ccc1OCc1ccccc1[N+](=O)[O-]. The summed E-state index contributed by atoms with van der Waals surface area (Å²) in [5.41, 5.74) is 1.79. The van der Waals surface area contributed by atoms with Crippen molar-refractivity contribution in [3.05, 3.63) is 99.4 Å². The van der Waals surface area contributed by atoms with Crippen LogP contribution in [0.5, 0.6) is 11.5 Å². The molecule has 2 aliphatic rings. The average molecular weight is 515 g/mol. The van der Waals surface area contributed by atoms with Gasteiger partial charge in [0.2, 0.25) is 5.17 Å². The fraction of sp³-hybridized carbons (Fsp3) is 0.0800. The number of aliphatic imine (C=N–C) groups is 1. The third-order valence-corrected chi connectivity index (χ3v) is 6.39. The molecule has 184 valence electrons. The largest absolute Gasteiger partial charge is 0.493 e. The van der Waals surface area contributed by atoms with Crippen LogP contribution in [0.3, 0.4) is 0 Å². The summed E-state index contributed by atoms with van der Waals surface area (Å²) in [5.74, 6) is 0.0782. The minimum atomic E-state index is -0.554. The smallest absolute Gasteiger partial charge is 0.283 e. The zero-order chi connectivity index (χ0) is 25.9. The number of hydrogen-bond acceptors (Lipinski definition) is 9. The summed E-state index contributed by atoms with van der Waals surface area (Å²) in [7, 11) is 1.46. The molecule has 0 fully saturated rings. The lowest BCUT2D eigenvalue weighted by atomic mass is 10.1. The van der Waals surface area contributed by atoms with Crippen LogP contribution >= 0.6 is 11.8 Å². The second-order valence-electron chi connectivity index (χ2n) is 7.75. The van der Waals surface area contributed by atoms with Gasteiger partial charge >= 0.3 is 0 Å². The Morgan fingerprint density at radius 2 is 2.00 bits per heavy atom. The van der Waals surface area contributed by atoms with Crippen molar-refractivity contribution in [2.45, 2.75) is 6.61 Å². The van der Waals surface area contributed by atoms with Crippen LogP contribution in [0.1, 0.15) is 16.7 Å². The molecule has 0 spiro atoms. The van der Waals surface area contributed by atoms with E-state index < -0.39 is 10.8 Å². The van der Waals surface area contributed by atoms with Crippen molar-refractivity contribution in [2.75, 3.05) is 7.11 Å². The van der Waals surface area contributed by atoms with Gasteiger partial charge in [-0.25, -0.2) is 0 Å². The quantitative estimate of drug-likeness (QED) is 0.280. The highest BCUT2D eigenvalue weighted by molar-refractivity contribution is 8.27. The molecule has 3 aromatic rings. The van der Waals surface area contributed by atoms with Crippen molar-refractivity contribution in [3.8, 4) is 11.5 Å². The lowest BCUT2D eigenvalue weighted by Gasteiger charge is -2.20. The number of nitrogens with zero attached hydrogens (tertiary/aromatic N) is 5. The first-order chi connectivity index (χ1) is 17.9. The topological polar surface area (TPSA) is 143 Å². The second kappa shape index (κ2) is 10.0. The van der Waals surface area contributed by atoms with Crippen LogP contribution in [0.25, 0.3) is 6.08 Å². The van der Waals surface area contributed by atoms with Crippen LogP contribution in [0, 0.1) is 15.5 Å². The molecule has 12 heteroatoms. The van der Waals surface area contributed by atoms with Gasteiger partial charge in [0.25, 0.3) is 11.6 Å². The highest BCUT2D eigenvalue weighted by Gasteiger charge is 2.36. The van der Waals surface area contributed by atoms with Gasteiger partial charge in [0.05, 0.1) is 23.2 Å². The van der Waals surface area contributed by atoms with E-state index in [4.69, 9.17) is 14.9 Å². The predicted molar refractivity (Wildman–Crippen MR) is 139 cm³/mol. The molecule has 3 heterocycles. The van der Waals surface area contributed by atoms with Crippen LogP contribution in [0.2, 0.25) is 0 Å². The zero-order valence-corrected chi connectivity index (χ0v) is 20.1. The number of amides is 1. The Hall–Kier alpha value is -4.84. The number of pyridine rings is 1. The molecule has 0 saturated carbocycles. The van der Waals surface area contributed by atoms with Crippen LogP contribution in [-0.4, -0.2) is 44.0 Å². The number of hydrazone groups is 1. The van der Waals surface area contributed by atoms with E-state index in [0.717, 1.165) is 5.56 Å². The fourth-order valence-corrected chi connectivity index (χ4v) is 4.51. The monoisotopic (exact) mass is 514 g/mol. The summed E-state index contributed by atoms with van der Waals surface area (Å²) in [6.45, 7) is -0.0293. The summed E-state index contributed by atoms with van der Waals surface area (Å²) >= 11 is 1.20. The maximum Gasteiger partial charge on any atom is 0.283 e. The first-order valence-electron chi connectivity index (χ1n) is 10.9. The number of carbonyl (C=O) groups excluding carboxylic acids is 1. The summed E-state index contributed by atoms with van der Waals surface area (Å²) in [6, 6.07) is 14.9. The Labute approximate surface area is 214 Å². The number of hydrogen-bond donors (Lipinski definition) is 1. The summed E-state index contributed by atoms with van der Waals surface area (Å²) in [6.07, 6.45) is 4.83. The summed E-state index contributed by atoms with van der Waals surface area (Å²) < 4.78 is 11.2. The number of nitrogens with one attached hydrogen (secondary N) is 1. The molecular weight excluding hydrogens is 496 g/mol. The van der Waals surface area contributed by atoms with E-state index in [1.165, 1.54) is 36.0 Å². The lowest BCUT2D eigenvalue weighted by molar-refractivity contribution is -0.385. The van der Waals surface area contributed by atoms with Gasteiger partial charge in [-0.3, -0.25) is 25.3 Å². The van der Waals surface area contributed by atoms with Gasteiger partial charge in [0.1, 0.15) is 11.7 Å². The van der Waals surface area contributed by atoms with Gasteiger partial charge in [0.15, 0.2) is 17.3 Å². The minimum Gasteiger partial charge on any atom is -0.493 e. The molecule has 11 nitrogen and oxygen atoms in total. The molecule has 1 amide bonds. The van der Waals surface area contributed by atoms with Gasteiger partial charge in [-0.1, -0.05) is 18.2 Å². The standard InChI is InChI=1S/C25H18N6O5S/c1-35-21-12-15(8-9-20(21)36-14-17-5-2-3-7-19(17)31(33)34)11-18-22(26)30-25(28-23(18)32)37-24(29-30)16-6-4-10-27-13-16/h2-13,26H,14H2,1H3/b18-11-,26-22?. The van der Waals surface area contributed by atoms with Gasteiger partial charge < -0.3 is 9.47 Å². The van der Waals surface area contributed by atoms with E-state index in [9.17, 15) is 14.9 Å². The van der Waals surface area contributed by atoms with Crippen molar-refractivity contribution in [2.24, 2.45) is 10.1 Å². The van der Waals surface area contributed by atoms with E-state index in [0.29, 0.717) is 32.8 Å². The molecule has 0 saturated heterocycles. The number of benzene rings is 2. The van der Waals surface area contributed by atoms with Crippen molar-refractivity contribution in [1.82, 2.24) is 9.99 Å². The Kier molecular flexibility index (Phi) is 6.47. The van der Waals surface area contributed by atoms with Crippen molar-refractivity contribution >= 4 is 45.5 Å². The number of para-hydroxylation sites is 1. The number of rotatable bonds is 7.